The number of ether oxygens (including phenoxy) is 1. The normalized spacial score (nSPS) is 10.5. The molecule has 0 aromatic heterocycles. The molecule has 1 rings (SSSR count). The third-order valence-electron chi connectivity index (χ3n) is 3.60. The van der Waals surface area contributed by atoms with E-state index in [1.807, 2.05) is 19.9 Å². The van der Waals surface area contributed by atoms with E-state index in [0.29, 0.717) is 5.75 Å². The van der Waals surface area contributed by atoms with Crippen LogP contribution < -0.4 is 4.74 Å². The first-order valence-electron chi connectivity index (χ1n) is 7.06. The van der Waals surface area contributed by atoms with E-state index in [9.17, 15) is 4.79 Å². The lowest BCUT2D eigenvalue weighted by Gasteiger charge is -2.12. The summed E-state index contributed by atoms with van der Waals surface area (Å²) in [5.74, 6) is 0.444. The Hall–Kier alpha value is -1.51. The lowest BCUT2D eigenvalue weighted by atomic mass is 9.97. The number of rotatable bonds is 7. The summed E-state index contributed by atoms with van der Waals surface area (Å²) in [5.41, 5.74) is 3.37. The molecule has 0 fully saturated rings. The monoisotopic (exact) mass is 264 g/mol. The van der Waals surface area contributed by atoms with Gasteiger partial charge >= 0.3 is 6.16 Å². The van der Waals surface area contributed by atoms with Gasteiger partial charge < -0.3 is 9.84 Å². The highest BCUT2D eigenvalue weighted by Gasteiger charge is 2.09. The Kier molecular flexibility index (Phi) is 6.40. The van der Waals surface area contributed by atoms with Crippen LogP contribution in [0.5, 0.6) is 5.75 Å². The Bertz CT molecular complexity index is 424. The topological polar surface area (TPSA) is 46.5 Å². The van der Waals surface area contributed by atoms with Crippen LogP contribution in [0.15, 0.2) is 12.1 Å². The van der Waals surface area contributed by atoms with Gasteiger partial charge in [-0.25, -0.2) is 4.79 Å². The van der Waals surface area contributed by atoms with Crippen LogP contribution >= 0.6 is 0 Å². The van der Waals surface area contributed by atoms with Crippen LogP contribution in [0.3, 0.4) is 0 Å². The fourth-order valence-corrected chi connectivity index (χ4v) is 2.25. The highest BCUT2D eigenvalue weighted by atomic mass is 16.7. The molecule has 3 nitrogen and oxygen atoms in total. The van der Waals surface area contributed by atoms with E-state index in [1.54, 1.807) is 6.07 Å². The molecule has 106 valence electrons. The Labute approximate surface area is 115 Å². The first-order valence-corrected chi connectivity index (χ1v) is 7.06. The second-order valence-corrected chi connectivity index (χ2v) is 5.01. The molecule has 1 N–H and O–H groups in total. The Balaban J connectivity index is 2.60. The summed E-state index contributed by atoms with van der Waals surface area (Å²) in [6.07, 6.45) is 6.13. The fraction of sp³-hybridized carbons (Fsp3) is 0.562. The minimum atomic E-state index is -1.25. The molecule has 0 atom stereocenters. The number of aryl methyl sites for hydroxylation is 1. The van der Waals surface area contributed by atoms with Crippen LogP contribution in [0.25, 0.3) is 0 Å². The third kappa shape index (κ3) is 4.93. The minimum absolute atomic E-state index is 0.444. The molecule has 0 saturated carbocycles. The van der Waals surface area contributed by atoms with E-state index >= 15 is 0 Å². The highest BCUT2D eigenvalue weighted by Crippen LogP contribution is 2.25. The maximum atomic E-state index is 10.6. The second kappa shape index (κ2) is 7.82. The van der Waals surface area contributed by atoms with Crippen LogP contribution in [0.1, 0.15) is 55.7 Å². The third-order valence-corrected chi connectivity index (χ3v) is 3.60. The van der Waals surface area contributed by atoms with Gasteiger partial charge in [0.2, 0.25) is 0 Å². The van der Waals surface area contributed by atoms with E-state index < -0.39 is 6.16 Å². The van der Waals surface area contributed by atoms with Crippen molar-refractivity contribution in [1.29, 1.82) is 0 Å². The van der Waals surface area contributed by atoms with E-state index in [1.165, 1.54) is 37.7 Å². The number of hydrogen-bond donors (Lipinski definition) is 1. The van der Waals surface area contributed by atoms with Crippen LogP contribution in [0, 0.1) is 13.8 Å². The van der Waals surface area contributed by atoms with Crippen molar-refractivity contribution in [2.24, 2.45) is 0 Å². The number of unbranched alkanes of at least 4 members (excludes halogenated alkanes) is 4. The second-order valence-electron chi connectivity index (χ2n) is 5.01. The van der Waals surface area contributed by atoms with Gasteiger partial charge in [0.1, 0.15) is 5.75 Å². The van der Waals surface area contributed by atoms with E-state index in [0.717, 1.165) is 17.5 Å². The molecule has 0 aliphatic carbocycles. The van der Waals surface area contributed by atoms with Crippen molar-refractivity contribution in [2.45, 2.75) is 59.3 Å². The zero-order chi connectivity index (χ0) is 14.3. The first-order chi connectivity index (χ1) is 9.06. The number of hydrogen-bond acceptors (Lipinski definition) is 2. The maximum absolute atomic E-state index is 10.6. The lowest BCUT2D eigenvalue weighted by Crippen LogP contribution is -2.05. The van der Waals surface area contributed by atoms with Gasteiger partial charge in [0.25, 0.3) is 0 Å². The molecule has 1 aromatic carbocycles. The van der Waals surface area contributed by atoms with Crippen molar-refractivity contribution in [3.05, 3.63) is 28.8 Å². The molecule has 19 heavy (non-hydrogen) atoms. The molecule has 0 unspecified atom stereocenters. The summed E-state index contributed by atoms with van der Waals surface area (Å²) in [7, 11) is 0. The predicted molar refractivity (Wildman–Crippen MR) is 77.0 cm³/mol. The average Bonchev–Trinajstić information content (AvgIpc) is 2.37. The SMILES string of the molecule is CCCCCCCc1ccc(OC(=O)O)c(C)c1C. The summed E-state index contributed by atoms with van der Waals surface area (Å²) < 4.78 is 4.76. The van der Waals surface area contributed by atoms with Gasteiger partial charge in [-0.05, 0) is 49.4 Å². The van der Waals surface area contributed by atoms with Crippen molar-refractivity contribution in [3.63, 3.8) is 0 Å². The lowest BCUT2D eigenvalue weighted by molar-refractivity contribution is 0.144. The maximum Gasteiger partial charge on any atom is 0.511 e. The predicted octanol–water partition coefficient (Wildman–Crippen LogP) is 4.87. The summed E-state index contributed by atoms with van der Waals surface area (Å²) in [6, 6.07) is 3.75. The minimum Gasteiger partial charge on any atom is -0.449 e. The molecule has 0 amide bonds. The van der Waals surface area contributed by atoms with Crippen molar-refractivity contribution < 1.29 is 14.6 Å². The largest absolute Gasteiger partial charge is 0.511 e. The standard InChI is InChI=1S/C16H24O3/c1-4-5-6-7-8-9-14-10-11-15(19-16(17)18)13(3)12(14)2/h10-11H,4-9H2,1-3H3,(H,17,18). The molecule has 0 bridgehead atoms. The zero-order valence-electron chi connectivity index (χ0n) is 12.2. The van der Waals surface area contributed by atoms with Gasteiger partial charge in [0.15, 0.2) is 0 Å². The molecule has 0 heterocycles. The van der Waals surface area contributed by atoms with E-state index in [4.69, 9.17) is 9.84 Å². The molecule has 0 saturated heterocycles. The van der Waals surface area contributed by atoms with Crippen molar-refractivity contribution >= 4 is 6.16 Å². The summed E-state index contributed by atoms with van der Waals surface area (Å²) in [6.45, 7) is 6.16. The van der Waals surface area contributed by atoms with Gasteiger partial charge in [0.05, 0.1) is 0 Å². The molecular weight excluding hydrogens is 240 g/mol. The highest BCUT2D eigenvalue weighted by molar-refractivity contribution is 5.62. The van der Waals surface area contributed by atoms with Gasteiger partial charge in [-0.2, -0.15) is 0 Å². The van der Waals surface area contributed by atoms with Crippen LogP contribution in [0.2, 0.25) is 0 Å². The van der Waals surface area contributed by atoms with E-state index in [2.05, 4.69) is 6.92 Å². The number of carboxylic acid groups (broad SMARTS) is 1. The first kappa shape index (κ1) is 15.5. The molecule has 0 radical (unpaired) electrons. The van der Waals surface area contributed by atoms with Crippen molar-refractivity contribution in [2.75, 3.05) is 0 Å². The quantitative estimate of drug-likeness (QED) is 0.434. The number of carbonyl (C=O) groups is 1. The van der Waals surface area contributed by atoms with Gasteiger partial charge in [-0.1, -0.05) is 38.7 Å². The molecular formula is C16H24O3. The van der Waals surface area contributed by atoms with Crippen LogP contribution in [-0.4, -0.2) is 11.3 Å². The average molecular weight is 264 g/mol. The molecule has 0 aliphatic heterocycles. The smallest absolute Gasteiger partial charge is 0.449 e. The fourth-order valence-electron chi connectivity index (χ4n) is 2.25. The number of benzene rings is 1. The van der Waals surface area contributed by atoms with Gasteiger partial charge in [-0.15, -0.1) is 0 Å². The van der Waals surface area contributed by atoms with Crippen LogP contribution in [-0.2, 0) is 6.42 Å². The molecule has 0 spiro atoms. The summed E-state index contributed by atoms with van der Waals surface area (Å²) >= 11 is 0. The summed E-state index contributed by atoms with van der Waals surface area (Å²) in [4.78, 5) is 10.6. The van der Waals surface area contributed by atoms with Gasteiger partial charge in [-0.3, -0.25) is 0 Å². The zero-order valence-corrected chi connectivity index (χ0v) is 12.2. The van der Waals surface area contributed by atoms with Crippen LogP contribution in [0.4, 0.5) is 4.79 Å². The van der Waals surface area contributed by atoms with E-state index in [-0.39, 0.29) is 0 Å². The Morgan fingerprint density at radius 2 is 1.79 bits per heavy atom. The van der Waals surface area contributed by atoms with Crippen molar-refractivity contribution in [3.8, 4) is 5.75 Å². The Morgan fingerprint density at radius 3 is 2.42 bits per heavy atom. The van der Waals surface area contributed by atoms with Gasteiger partial charge in [0, 0.05) is 0 Å². The molecule has 1 aromatic rings. The van der Waals surface area contributed by atoms with Crippen molar-refractivity contribution in [1.82, 2.24) is 0 Å². The molecule has 3 heteroatoms. The Morgan fingerprint density at radius 1 is 1.11 bits per heavy atom. The summed E-state index contributed by atoms with van der Waals surface area (Å²) in [5, 5.41) is 8.65. The molecule has 0 aliphatic rings.